The molecule has 0 saturated carbocycles. The summed E-state index contributed by atoms with van der Waals surface area (Å²) in [6.45, 7) is 5.86. The lowest BCUT2D eigenvalue weighted by atomic mass is 10.1. The highest BCUT2D eigenvalue weighted by molar-refractivity contribution is 5.65. The van der Waals surface area contributed by atoms with Gasteiger partial charge in [-0.05, 0) is 25.8 Å². The van der Waals surface area contributed by atoms with Crippen LogP contribution in [0.5, 0.6) is 0 Å². The summed E-state index contributed by atoms with van der Waals surface area (Å²) in [4.78, 5) is 12.3. The largest absolute Gasteiger partial charge is 0.465 e. The highest BCUT2D eigenvalue weighted by atomic mass is 16.4. The Hall–Kier alpha value is -1.52. The molecule has 1 aromatic heterocycles. The number of carboxylic acid groups (broad SMARTS) is 1. The number of hydrogen-bond acceptors (Lipinski definition) is 2. The van der Waals surface area contributed by atoms with Gasteiger partial charge in [-0.25, -0.2) is 4.79 Å². The predicted octanol–water partition coefficient (Wildman–Crippen LogP) is 1.25. The van der Waals surface area contributed by atoms with E-state index in [4.69, 9.17) is 5.11 Å². The van der Waals surface area contributed by atoms with Crippen molar-refractivity contribution in [1.82, 2.24) is 14.7 Å². The lowest BCUT2D eigenvalue weighted by Gasteiger charge is -2.25. The third-order valence-corrected chi connectivity index (χ3v) is 2.91. The molecule has 0 fully saturated rings. The van der Waals surface area contributed by atoms with Gasteiger partial charge in [-0.1, -0.05) is 0 Å². The fourth-order valence-electron chi connectivity index (χ4n) is 2.10. The van der Waals surface area contributed by atoms with E-state index >= 15 is 0 Å². The topological polar surface area (TPSA) is 58.4 Å². The minimum atomic E-state index is -0.845. The van der Waals surface area contributed by atoms with Crippen LogP contribution in [0, 0.1) is 6.92 Å². The molecule has 1 aliphatic rings. The van der Waals surface area contributed by atoms with Gasteiger partial charge in [-0.2, -0.15) is 5.10 Å². The third-order valence-electron chi connectivity index (χ3n) is 2.91. The van der Waals surface area contributed by atoms with Crippen molar-refractivity contribution >= 4 is 6.09 Å². The third kappa shape index (κ3) is 1.58. The van der Waals surface area contributed by atoms with Gasteiger partial charge in [-0.15, -0.1) is 0 Å². The molecule has 1 amide bonds. The molecule has 2 heterocycles. The summed E-state index contributed by atoms with van der Waals surface area (Å²) in [5.74, 6) is 0. The van der Waals surface area contributed by atoms with Crippen molar-refractivity contribution in [2.45, 2.75) is 33.4 Å². The maximum Gasteiger partial charge on any atom is 0.407 e. The first kappa shape index (κ1) is 10.0. The Morgan fingerprint density at radius 3 is 2.93 bits per heavy atom. The molecule has 1 aliphatic heterocycles. The van der Waals surface area contributed by atoms with Crippen LogP contribution < -0.4 is 0 Å². The second-order valence-electron chi connectivity index (χ2n) is 3.78. The van der Waals surface area contributed by atoms with Crippen LogP contribution in [0.1, 0.15) is 23.9 Å². The standard InChI is InChI=1S/C10H15N3O2/c1-3-13-9-6-12(10(14)15)5-4-8(9)7(2)11-13/h3-6H2,1-2H3,(H,14,15). The predicted molar refractivity (Wildman–Crippen MR) is 54.8 cm³/mol. The Kier molecular flexibility index (Phi) is 2.38. The normalized spacial score (nSPS) is 15.2. The second kappa shape index (κ2) is 3.56. The number of aryl methyl sites for hydroxylation is 2. The quantitative estimate of drug-likeness (QED) is 0.757. The monoisotopic (exact) mass is 209 g/mol. The molecule has 0 saturated heterocycles. The molecule has 1 aromatic rings. The van der Waals surface area contributed by atoms with E-state index in [0.29, 0.717) is 13.1 Å². The van der Waals surface area contributed by atoms with Crippen molar-refractivity contribution in [1.29, 1.82) is 0 Å². The molecule has 0 bridgehead atoms. The van der Waals surface area contributed by atoms with E-state index in [-0.39, 0.29) is 0 Å². The molecular formula is C10H15N3O2. The summed E-state index contributed by atoms with van der Waals surface area (Å²) in [7, 11) is 0. The fourth-order valence-corrected chi connectivity index (χ4v) is 2.10. The minimum Gasteiger partial charge on any atom is -0.465 e. The van der Waals surface area contributed by atoms with E-state index in [1.165, 1.54) is 10.5 Å². The van der Waals surface area contributed by atoms with E-state index in [9.17, 15) is 4.79 Å². The lowest BCUT2D eigenvalue weighted by Crippen LogP contribution is -2.35. The van der Waals surface area contributed by atoms with Gasteiger partial charge in [0.2, 0.25) is 0 Å². The van der Waals surface area contributed by atoms with E-state index in [1.807, 2.05) is 18.5 Å². The highest BCUT2D eigenvalue weighted by Crippen LogP contribution is 2.21. The van der Waals surface area contributed by atoms with Crippen LogP contribution in [0.4, 0.5) is 4.79 Å². The van der Waals surface area contributed by atoms with Crippen LogP contribution in [0.2, 0.25) is 0 Å². The van der Waals surface area contributed by atoms with Gasteiger partial charge in [0.05, 0.1) is 17.9 Å². The number of aromatic nitrogens is 2. The van der Waals surface area contributed by atoms with Crippen molar-refractivity contribution in [3.63, 3.8) is 0 Å². The zero-order valence-corrected chi connectivity index (χ0v) is 9.03. The van der Waals surface area contributed by atoms with Crippen molar-refractivity contribution < 1.29 is 9.90 Å². The second-order valence-corrected chi connectivity index (χ2v) is 3.78. The summed E-state index contributed by atoms with van der Waals surface area (Å²) in [5, 5.41) is 13.3. The van der Waals surface area contributed by atoms with Crippen molar-refractivity contribution in [3.8, 4) is 0 Å². The Morgan fingerprint density at radius 1 is 1.60 bits per heavy atom. The van der Waals surface area contributed by atoms with Gasteiger partial charge in [-0.3, -0.25) is 4.68 Å². The molecule has 1 N–H and O–H groups in total. The van der Waals surface area contributed by atoms with Crippen molar-refractivity contribution in [2.24, 2.45) is 0 Å². The summed E-state index contributed by atoms with van der Waals surface area (Å²) in [5.41, 5.74) is 3.33. The smallest absolute Gasteiger partial charge is 0.407 e. The molecule has 5 heteroatoms. The number of rotatable bonds is 1. The summed E-state index contributed by atoms with van der Waals surface area (Å²) in [6.07, 6.45) is -0.0600. The zero-order chi connectivity index (χ0) is 11.0. The molecule has 2 rings (SSSR count). The Balaban J connectivity index is 2.35. The lowest BCUT2D eigenvalue weighted by molar-refractivity contribution is 0.138. The molecule has 0 unspecified atom stereocenters. The molecule has 5 nitrogen and oxygen atoms in total. The van der Waals surface area contributed by atoms with Gasteiger partial charge in [0, 0.05) is 13.1 Å². The van der Waals surface area contributed by atoms with Gasteiger partial charge in [0.1, 0.15) is 0 Å². The van der Waals surface area contributed by atoms with Crippen LogP contribution in [0.3, 0.4) is 0 Å². The van der Waals surface area contributed by atoms with Gasteiger partial charge in [0.25, 0.3) is 0 Å². The zero-order valence-electron chi connectivity index (χ0n) is 9.03. The highest BCUT2D eigenvalue weighted by Gasteiger charge is 2.25. The van der Waals surface area contributed by atoms with Crippen LogP contribution in [0.25, 0.3) is 0 Å². The maximum atomic E-state index is 10.9. The molecule has 15 heavy (non-hydrogen) atoms. The molecular weight excluding hydrogens is 194 g/mol. The molecule has 0 aliphatic carbocycles. The Morgan fingerprint density at radius 2 is 2.33 bits per heavy atom. The molecule has 0 atom stereocenters. The first-order chi connectivity index (χ1) is 7.13. The molecule has 82 valence electrons. The number of nitrogens with zero attached hydrogens (tertiary/aromatic N) is 3. The summed E-state index contributed by atoms with van der Waals surface area (Å²) < 4.78 is 1.90. The number of carbonyl (C=O) groups is 1. The first-order valence-corrected chi connectivity index (χ1v) is 5.16. The number of amides is 1. The van der Waals surface area contributed by atoms with E-state index in [1.54, 1.807) is 0 Å². The minimum absolute atomic E-state index is 0.472. The van der Waals surface area contributed by atoms with Crippen molar-refractivity contribution in [3.05, 3.63) is 17.0 Å². The average molecular weight is 209 g/mol. The van der Waals surface area contributed by atoms with E-state index < -0.39 is 6.09 Å². The van der Waals surface area contributed by atoms with Gasteiger partial charge < -0.3 is 10.0 Å². The van der Waals surface area contributed by atoms with Gasteiger partial charge in [0.15, 0.2) is 0 Å². The maximum absolute atomic E-state index is 10.9. The summed E-state index contributed by atoms with van der Waals surface area (Å²) >= 11 is 0. The van der Waals surface area contributed by atoms with Crippen molar-refractivity contribution in [2.75, 3.05) is 6.54 Å². The first-order valence-electron chi connectivity index (χ1n) is 5.16. The average Bonchev–Trinajstić information content (AvgIpc) is 2.55. The number of hydrogen-bond donors (Lipinski definition) is 1. The molecule has 0 aromatic carbocycles. The summed E-state index contributed by atoms with van der Waals surface area (Å²) in [6, 6.07) is 0. The molecule has 0 radical (unpaired) electrons. The van der Waals surface area contributed by atoms with Crippen LogP contribution >= 0.6 is 0 Å². The molecule has 0 spiro atoms. The van der Waals surface area contributed by atoms with Crippen LogP contribution in [-0.2, 0) is 19.5 Å². The van der Waals surface area contributed by atoms with E-state index in [2.05, 4.69) is 5.10 Å². The Labute approximate surface area is 88.3 Å². The fraction of sp³-hybridized carbons (Fsp3) is 0.600. The van der Waals surface area contributed by atoms with Gasteiger partial charge >= 0.3 is 6.09 Å². The van der Waals surface area contributed by atoms with E-state index in [0.717, 1.165) is 24.4 Å². The van der Waals surface area contributed by atoms with Crippen LogP contribution in [0.15, 0.2) is 0 Å². The Bertz CT molecular complexity index is 398. The van der Waals surface area contributed by atoms with Crippen LogP contribution in [-0.4, -0.2) is 32.4 Å². The SMILES string of the molecule is CCn1nc(C)c2c1CN(C(=O)O)CC2. The number of fused-ring (bicyclic) bond motifs is 1.